The number of hydrogen-bond acceptors (Lipinski definition) is 5. The quantitative estimate of drug-likeness (QED) is 0.253. The molecule has 58 valence electrons. The summed E-state index contributed by atoms with van der Waals surface area (Å²) in [5, 5.41) is 10.7. The highest BCUT2D eigenvalue weighted by Crippen LogP contribution is 2.12. The van der Waals surface area contributed by atoms with E-state index in [2.05, 4.69) is 17.2 Å². The molecular weight excluding hydrogens is 168 g/mol. The summed E-state index contributed by atoms with van der Waals surface area (Å²) in [4.78, 5) is 24.8. The van der Waals surface area contributed by atoms with Gasteiger partial charge in [-0.25, -0.2) is 4.99 Å². The van der Waals surface area contributed by atoms with Crippen LogP contribution in [0, 0.1) is 0 Å². The van der Waals surface area contributed by atoms with Crippen LogP contribution < -0.4 is 0 Å². The average Bonchev–Trinajstić information content (AvgIpc) is 2.19. The van der Waals surface area contributed by atoms with E-state index in [1.807, 2.05) is 5.16 Å². The van der Waals surface area contributed by atoms with E-state index in [4.69, 9.17) is 5.21 Å². The maximum absolute atomic E-state index is 10.8. The van der Waals surface area contributed by atoms with E-state index in [0.29, 0.717) is 0 Å². The maximum Gasteiger partial charge on any atom is 0.279 e. The average molecular weight is 172 g/mol. The predicted molar refractivity (Wildman–Crippen MR) is 37.1 cm³/mol. The molecular formula is C5H4N2O3S. The van der Waals surface area contributed by atoms with Gasteiger partial charge in [0.15, 0.2) is 6.04 Å². The van der Waals surface area contributed by atoms with Crippen LogP contribution >= 0.6 is 12.2 Å². The summed E-state index contributed by atoms with van der Waals surface area (Å²) < 4.78 is 0. The van der Waals surface area contributed by atoms with Crippen LogP contribution in [0.15, 0.2) is 4.99 Å². The largest absolute Gasteiger partial charge is 0.279 e. The van der Waals surface area contributed by atoms with Gasteiger partial charge in [-0.15, -0.1) is 0 Å². The normalized spacial score (nSPS) is 23.7. The molecule has 1 aliphatic heterocycles. The van der Waals surface area contributed by atoms with Crippen molar-refractivity contribution in [3.63, 3.8) is 0 Å². The van der Waals surface area contributed by atoms with Crippen molar-refractivity contribution in [2.75, 3.05) is 0 Å². The molecule has 0 aromatic carbocycles. The number of isothiocyanates is 1. The highest BCUT2D eigenvalue weighted by molar-refractivity contribution is 7.78. The van der Waals surface area contributed by atoms with Gasteiger partial charge in [0, 0.05) is 0 Å². The second-order valence-electron chi connectivity index (χ2n) is 1.98. The van der Waals surface area contributed by atoms with Crippen molar-refractivity contribution in [1.82, 2.24) is 5.06 Å². The molecule has 0 radical (unpaired) electrons. The van der Waals surface area contributed by atoms with E-state index >= 15 is 0 Å². The van der Waals surface area contributed by atoms with E-state index in [9.17, 15) is 9.59 Å². The zero-order valence-corrected chi connectivity index (χ0v) is 6.17. The van der Waals surface area contributed by atoms with Crippen LogP contribution in [0.3, 0.4) is 0 Å². The minimum atomic E-state index is -0.870. The molecule has 1 atom stereocenters. The molecule has 1 heterocycles. The van der Waals surface area contributed by atoms with Gasteiger partial charge in [0.05, 0.1) is 11.6 Å². The number of imide groups is 1. The van der Waals surface area contributed by atoms with Crippen molar-refractivity contribution >= 4 is 29.2 Å². The minimum absolute atomic E-state index is 0.0564. The Morgan fingerprint density at radius 1 is 1.73 bits per heavy atom. The predicted octanol–water partition coefficient (Wildman–Crippen LogP) is -0.394. The van der Waals surface area contributed by atoms with Gasteiger partial charge in [0.25, 0.3) is 11.8 Å². The molecule has 0 aliphatic carbocycles. The first kappa shape index (κ1) is 8.00. The van der Waals surface area contributed by atoms with Gasteiger partial charge >= 0.3 is 0 Å². The summed E-state index contributed by atoms with van der Waals surface area (Å²) in [6.45, 7) is 0. The Kier molecular flexibility index (Phi) is 2.09. The van der Waals surface area contributed by atoms with Crippen molar-refractivity contribution in [2.45, 2.75) is 12.5 Å². The Morgan fingerprint density at radius 3 is 2.73 bits per heavy atom. The fourth-order valence-electron chi connectivity index (χ4n) is 0.768. The first-order chi connectivity index (χ1) is 5.16. The second-order valence-corrected chi connectivity index (χ2v) is 2.17. The first-order valence-corrected chi connectivity index (χ1v) is 3.20. The van der Waals surface area contributed by atoms with Gasteiger partial charge < -0.3 is 0 Å². The lowest BCUT2D eigenvalue weighted by atomic mass is 10.3. The number of carbonyl (C=O) groups is 2. The lowest BCUT2D eigenvalue weighted by Crippen LogP contribution is -2.27. The lowest BCUT2D eigenvalue weighted by Gasteiger charge is -2.00. The van der Waals surface area contributed by atoms with E-state index in [0.717, 1.165) is 0 Å². The van der Waals surface area contributed by atoms with Gasteiger partial charge in [-0.1, -0.05) is 0 Å². The van der Waals surface area contributed by atoms with E-state index < -0.39 is 17.9 Å². The summed E-state index contributed by atoms with van der Waals surface area (Å²) in [5.41, 5.74) is 0. The fraction of sp³-hybridized carbons (Fsp3) is 0.400. The molecule has 1 unspecified atom stereocenters. The smallest absolute Gasteiger partial charge is 0.278 e. The Labute approximate surface area is 67.3 Å². The van der Waals surface area contributed by atoms with Crippen LogP contribution in [-0.4, -0.2) is 33.3 Å². The number of hydroxylamine groups is 2. The van der Waals surface area contributed by atoms with E-state index in [1.54, 1.807) is 0 Å². The molecule has 11 heavy (non-hydrogen) atoms. The van der Waals surface area contributed by atoms with Crippen LogP contribution in [0.4, 0.5) is 0 Å². The number of hydrogen-bond donors (Lipinski definition) is 1. The molecule has 5 nitrogen and oxygen atoms in total. The Hall–Kier alpha value is -1.10. The third kappa shape index (κ3) is 1.32. The van der Waals surface area contributed by atoms with Crippen molar-refractivity contribution in [3.05, 3.63) is 0 Å². The summed E-state index contributed by atoms with van der Waals surface area (Å²) in [6.07, 6.45) is -0.126. The molecule has 0 saturated carbocycles. The van der Waals surface area contributed by atoms with E-state index in [-0.39, 0.29) is 11.5 Å². The standard InChI is InChI=1S/C5H4N2O3S/c8-4-1-3(6-2-11)5(9)7(4)10/h3,10H,1H2. The molecule has 1 saturated heterocycles. The zero-order chi connectivity index (χ0) is 8.43. The van der Waals surface area contributed by atoms with Crippen molar-refractivity contribution in [3.8, 4) is 0 Å². The minimum Gasteiger partial charge on any atom is -0.278 e. The van der Waals surface area contributed by atoms with Gasteiger partial charge in [0.2, 0.25) is 0 Å². The third-order valence-electron chi connectivity index (χ3n) is 1.31. The Morgan fingerprint density at radius 2 is 2.36 bits per heavy atom. The van der Waals surface area contributed by atoms with Gasteiger partial charge in [-0.05, 0) is 12.2 Å². The van der Waals surface area contributed by atoms with Crippen LogP contribution in [0.2, 0.25) is 0 Å². The molecule has 0 bridgehead atoms. The maximum atomic E-state index is 10.8. The molecule has 1 fully saturated rings. The van der Waals surface area contributed by atoms with Crippen LogP contribution in [-0.2, 0) is 9.59 Å². The fourth-order valence-corrected chi connectivity index (χ4v) is 0.895. The molecule has 0 aromatic heterocycles. The molecule has 6 heteroatoms. The number of aliphatic imine (C=N–C) groups is 1. The number of amides is 2. The van der Waals surface area contributed by atoms with Crippen molar-refractivity contribution < 1.29 is 14.8 Å². The molecule has 1 rings (SSSR count). The number of nitrogens with zero attached hydrogens (tertiary/aromatic N) is 2. The molecule has 1 N–H and O–H groups in total. The topological polar surface area (TPSA) is 70.0 Å². The van der Waals surface area contributed by atoms with Crippen molar-refractivity contribution in [1.29, 1.82) is 0 Å². The number of thiocarbonyl (C=S) groups is 1. The Balaban J connectivity index is 2.83. The van der Waals surface area contributed by atoms with Gasteiger partial charge in [-0.2, -0.15) is 5.06 Å². The van der Waals surface area contributed by atoms with Crippen molar-refractivity contribution in [2.24, 2.45) is 4.99 Å². The highest BCUT2D eigenvalue weighted by atomic mass is 32.1. The summed E-state index contributed by atoms with van der Waals surface area (Å²) in [5.74, 6) is -1.40. The van der Waals surface area contributed by atoms with E-state index in [1.165, 1.54) is 0 Å². The van der Waals surface area contributed by atoms with Crippen LogP contribution in [0.1, 0.15) is 6.42 Å². The Bertz CT molecular complexity index is 258. The second kappa shape index (κ2) is 2.87. The summed E-state index contributed by atoms with van der Waals surface area (Å²) in [6, 6.07) is -0.870. The molecule has 0 spiro atoms. The van der Waals surface area contributed by atoms with Crippen LogP contribution in [0.5, 0.6) is 0 Å². The molecule has 2 amide bonds. The van der Waals surface area contributed by atoms with Crippen LogP contribution in [0.25, 0.3) is 0 Å². The zero-order valence-electron chi connectivity index (χ0n) is 5.35. The molecule has 1 aliphatic rings. The monoisotopic (exact) mass is 172 g/mol. The first-order valence-electron chi connectivity index (χ1n) is 2.79. The van der Waals surface area contributed by atoms with Gasteiger partial charge in [-0.3, -0.25) is 14.8 Å². The van der Waals surface area contributed by atoms with Gasteiger partial charge in [0.1, 0.15) is 0 Å². The third-order valence-corrected chi connectivity index (χ3v) is 1.41. The highest BCUT2D eigenvalue weighted by Gasteiger charge is 2.37. The summed E-state index contributed by atoms with van der Waals surface area (Å²) >= 11 is 4.24. The summed E-state index contributed by atoms with van der Waals surface area (Å²) in [7, 11) is 0. The SMILES string of the molecule is O=C1CC(N=C=S)C(=O)N1O. The molecule has 0 aromatic rings. The lowest BCUT2D eigenvalue weighted by molar-refractivity contribution is -0.171. The number of carbonyl (C=O) groups excluding carboxylic acids is 2. The number of rotatable bonds is 1.